The van der Waals surface area contributed by atoms with E-state index in [9.17, 15) is 22.7 Å². The highest BCUT2D eigenvalue weighted by molar-refractivity contribution is 7.93. The van der Waals surface area contributed by atoms with Crippen molar-refractivity contribution in [2.75, 3.05) is 24.1 Å². The number of fused-ring (bicyclic) bond motifs is 1. The molecule has 0 bridgehead atoms. The summed E-state index contributed by atoms with van der Waals surface area (Å²) < 4.78 is 55.0. The van der Waals surface area contributed by atoms with E-state index in [0.717, 1.165) is 4.31 Å². The molecule has 2 aromatic carbocycles. The van der Waals surface area contributed by atoms with Crippen LogP contribution in [0.4, 0.5) is 10.1 Å². The van der Waals surface area contributed by atoms with Crippen molar-refractivity contribution in [2.24, 2.45) is 0 Å². The number of carboxylic acids is 1. The van der Waals surface area contributed by atoms with Gasteiger partial charge in [-0.2, -0.15) is 0 Å². The Morgan fingerprint density at radius 3 is 2.75 bits per heavy atom. The molecule has 40 heavy (non-hydrogen) atoms. The SMILES string of the molecule is C/C(=C\c1ccc2c(c1)N(S(=O)(=O)c1cc(Cl)cnc1OCCO)C[C@H](CCC(=O)O)O2)c1c(F)cccc1Cl. The number of anilines is 1. The molecule has 4 rings (SSSR count). The van der Waals surface area contributed by atoms with Crippen molar-refractivity contribution < 1.29 is 37.3 Å². The van der Waals surface area contributed by atoms with Gasteiger partial charge in [-0.15, -0.1) is 0 Å². The fraction of sp³-hybridized carbons (Fsp3) is 0.259. The number of ether oxygens (including phenoxy) is 2. The van der Waals surface area contributed by atoms with E-state index in [4.69, 9.17) is 37.8 Å². The Morgan fingerprint density at radius 2 is 2.05 bits per heavy atom. The summed E-state index contributed by atoms with van der Waals surface area (Å²) in [6.07, 6.45) is 1.92. The molecule has 2 N–H and O–H groups in total. The number of sulfonamides is 1. The Kier molecular flexibility index (Phi) is 9.19. The van der Waals surface area contributed by atoms with E-state index in [0.29, 0.717) is 11.1 Å². The van der Waals surface area contributed by atoms with Gasteiger partial charge in [0, 0.05) is 18.2 Å². The van der Waals surface area contributed by atoms with Crippen molar-refractivity contribution in [3.8, 4) is 11.6 Å². The molecule has 9 nitrogen and oxygen atoms in total. The molecule has 3 aromatic rings. The lowest BCUT2D eigenvalue weighted by molar-refractivity contribution is -0.137. The van der Waals surface area contributed by atoms with Gasteiger partial charge in [-0.1, -0.05) is 41.4 Å². The standard InChI is InChI=1S/C27H25Cl2FN2O7S/c1-16(26-20(29)3-2-4-21(26)30)11-17-5-7-23-22(12-17)32(15-19(39-23)6-8-25(34)35)40(36,37)24-13-18(28)14-31-27(24)38-10-9-33/h2-5,7,11-14,19,33H,6,8-10,15H2,1H3,(H,34,35)/b16-11+/t19-/m0/s1. The topological polar surface area (TPSA) is 126 Å². The van der Waals surface area contributed by atoms with Gasteiger partial charge < -0.3 is 19.7 Å². The van der Waals surface area contributed by atoms with E-state index >= 15 is 0 Å². The minimum atomic E-state index is -4.39. The van der Waals surface area contributed by atoms with Crippen molar-refractivity contribution in [1.29, 1.82) is 0 Å². The summed E-state index contributed by atoms with van der Waals surface area (Å²) in [6, 6.07) is 10.3. The molecule has 0 saturated heterocycles. The van der Waals surface area contributed by atoms with Crippen molar-refractivity contribution >= 4 is 56.5 Å². The second-order valence-electron chi connectivity index (χ2n) is 8.89. The third-order valence-electron chi connectivity index (χ3n) is 6.02. The van der Waals surface area contributed by atoms with E-state index in [1.54, 1.807) is 37.3 Å². The molecule has 0 spiro atoms. The van der Waals surface area contributed by atoms with Gasteiger partial charge in [-0.3, -0.25) is 9.10 Å². The minimum Gasteiger partial charge on any atom is -0.486 e. The number of pyridine rings is 1. The molecule has 0 aliphatic carbocycles. The zero-order chi connectivity index (χ0) is 29.0. The Labute approximate surface area is 240 Å². The van der Waals surface area contributed by atoms with Gasteiger partial charge in [0.05, 0.1) is 28.9 Å². The average molecular weight is 611 g/mol. The number of nitrogens with zero attached hydrogens (tertiary/aromatic N) is 2. The van der Waals surface area contributed by atoms with Crippen molar-refractivity contribution in [3.05, 3.63) is 75.7 Å². The van der Waals surface area contributed by atoms with Crippen LogP contribution in [0.5, 0.6) is 11.6 Å². The summed E-state index contributed by atoms with van der Waals surface area (Å²) >= 11 is 12.3. The van der Waals surface area contributed by atoms with E-state index in [1.165, 1.54) is 24.4 Å². The number of aromatic nitrogens is 1. The van der Waals surface area contributed by atoms with Crippen molar-refractivity contribution in [1.82, 2.24) is 4.98 Å². The van der Waals surface area contributed by atoms with Gasteiger partial charge >= 0.3 is 5.97 Å². The highest BCUT2D eigenvalue weighted by Gasteiger charge is 2.37. The lowest BCUT2D eigenvalue weighted by Gasteiger charge is -2.35. The van der Waals surface area contributed by atoms with Gasteiger partial charge in [0.15, 0.2) is 4.90 Å². The third kappa shape index (κ3) is 6.49. The lowest BCUT2D eigenvalue weighted by atomic mass is 10.0. The summed E-state index contributed by atoms with van der Waals surface area (Å²) in [5.74, 6) is -1.60. The number of aliphatic hydroxyl groups is 1. The van der Waals surface area contributed by atoms with Crippen LogP contribution in [0.1, 0.15) is 30.9 Å². The summed E-state index contributed by atoms with van der Waals surface area (Å²) in [5.41, 5.74) is 1.42. The monoisotopic (exact) mass is 610 g/mol. The molecule has 1 aliphatic heterocycles. The Morgan fingerprint density at radius 1 is 1.27 bits per heavy atom. The molecule has 13 heteroatoms. The largest absolute Gasteiger partial charge is 0.486 e. The first kappa shape index (κ1) is 29.6. The Hall–Kier alpha value is -3.38. The van der Waals surface area contributed by atoms with Crippen molar-refractivity contribution in [3.63, 3.8) is 0 Å². The van der Waals surface area contributed by atoms with Crippen molar-refractivity contribution in [2.45, 2.75) is 30.8 Å². The first-order valence-corrected chi connectivity index (χ1v) is 14.3. The van der Waals surface area contributed by atoms with Crippen LogP contribution in [-0.2, 0) is 14.8 Å². The number of carboxylic acid groups (broad SMARTS) is 1. The molecule has 1 aliphatic rings. The molecule has 212 valence electrons. The van der Waals surface area contributed by atoms with Gasteiger partial charge in [-0.05, 0) is 54.8 Å². The van der Waals surface area contributed by atoms with Crippen LogP contribution in [0, 0.1) is 5.82 Å². The number of allylic oxidation sites excluding steroid dienone is 1. The maximum atomic E-state index is 14.5. The molecule has 1 atom stereocenters. The molecular weight excluding hydrogens is 586 g/mol. The molecule has 0 radical (unpaired) electrons. The van der Waals surface area contributed by atoms with E-state index in [1.807, 2.05) is 0 Å². The molecule has 0 fully saturated rings. The first-order valence-electron chi connectivity index (χ1n) is 12.1. The summed E-state index contributed by atoms with van der Waals surface area (Å²) in [6.45, 7) is 0.895. The maximum absolute atomic E-state index is 14.5. The van der Waals surface area contributed by atoms with Crippen LogP contribution in [-0.4, -0.2) is 55.4 Å². The van der Waals surface area contributed by atoms with Crippen LogP contribution in [0.2, 0.25) is 10.0 Å². The van der Waals surface area contributed by atoms with Gasteiger partial charge in [0.25, 0.3) is 10.0 Å². The fourth-order valence-electron chi connectivity index (χ4n) is 4.24. The minimum absolute atomic E-state index is 0.0416. The zero-order valence-corrected chi connectivity index (χ0v) is 23.5. The molecule has 1 aromatic heterocycles. The van der Waals surface area contributed by atoms with E-state index in [2.05, 4.69) is 4.98 Å². The zero-order valence-electron chi connectivity index (χ0n) is 21.2. The van der Waals surface area contributed by atoms with Crippen LogP contribution >= 0.6 is 23.2 Å². The van der Waals surface area contributed by atoms with Gasteiger partial charge in [0.1, 0.15) is 24.3 Å². The van der Waals surface area contributed by atoms with Gasteiger partial charge in [0.2, 0.25) is 5.88 Å². The van der Waals surface area contributed by atoms with E-state index < -0.39 is 27.9 Å². The number of aliphatic carboxylic acids is 1. The maximum Gasteiger partial charge on any atom is 0.303 e. The van der Waals surface area contributed by atoms with Crippen LogP contribution in [0.25, 0.3) is 11.6 Å². The second-order valence-corrected chi connectivity index (χ2v) is 11.6. The van der Waals surface area contributed by atoms with Crippen LogP contribution < -0.4 is 13.8 Å². The summed E-state index contributed by atoms with van der Waals surface area (Å²) in [7, 11) is -4.39. The smallest absolute Gasteiger partial charge is 0.303 e. The molecule has 0 saturated carbocycles. The fourth-order valence-corrected chi connectivity index (χ4v) is 6.38. The number of hydrogen-bond donors (Lipinski definition) is 2. The highest BCUT2D eigenvalue weighted by atomic mass is 35.5. The number of hydrogen-bond acceptors (Lipinski definition) is 7. The number of halogens is 3. The normalized spacial score (nSPS) is 15.4. The number of carbonyl (C=O) groups is 1. The van der Waals surface area contributed by atoms with Gasteiger partial charge in [-0.25, -0.2) is 17.8 Å². The first-order chi connectivity index (χ1) is 19.0. The number of aliphatic hydroxyl groups excluding tert-OH is 1. The molecular formula is C27H25Cl2FN2O7S. The predicted molar refractivity (Wildman–Crippen MR) is 149 cm³/mol. The second kappa shape index (κ2) is 12.4. The quantitative estimate of drug-likeness (QED) is 0.297. The molecule has 0 unspecified atom stereocenters. The highest BCUT2D eigenvalue weighted by Crippen LogP contribution is 2.41. The summed E-state index contributed by atoms with van der Waals surface area (Å²) in [5, 5.41) is 18.6. The summed E-state index contributed by atoms with van der Waals surface area (Å²) in [4.78, 5) is 14.8. The number of rotatable bonds is 10. The Balaban J connectivity index is 1.82. The van der Waals surface area contributed by atoms with Crippen LogP contribution in [0.3, 0.4) is 0 Å². The lowest BCUT2D eigenvalue weighted by Crippen LogP contribution is -2.44. The molecule has 2 heterocycles. The number of benzene rings is 2. The Bertz CT molecular complexity index is 1550. The van der Waals surface area contributed by atoms with Crippen LogP contribution in [0.15, 0.2) is 53.6 Å². The average Bonchev–Trinajstić information content (AvgIpc) is 2.90. The third-order valence-corrected chi connectivity index (χ3v) is 8.31. The predicted octanol–water partition coefficient (Wildman–Crippen LogP) is 5.28. The molecule has 0 amide bonds. The van der Waals surface area contributed by atoms with E-state index in [-0.39, 0.29) is 70.4 Å².